The van der Waals surface area contributed by atoms with E-state index in [1.165, 1.54) is 5.56 Å². The van der Waals surface area contributed by atoms with Crippen LogP contribution in [0.15, 0.2) is 28.7 Å². The molecule has 1 rings (SSSR count). The summed E-state index contributed by atoms with van der Waals surface area (Å²) in [5, 5.41) is 0.933. The molecular weight excluding hydrogens is 296 g/mol. The van der Waals surface area contributed by atoms with Crippen molar-refractivity contribution < 1.29 is 4.74 Å². The lowest BCUT2D eigenvalue weighted by molar-refractivity contribution is 0.186. The van der Waals surface area contributed by atoms with Crippen LogP contribution in [0.5, 0.6) is 0 Å². The van der Waals surface area contributed by atoms with Crippen LogP contribution in [0.3, 0.4) is 0 Å². The Morgan fingerprint density at radius 2 is 1.92 bits per heavy atom. The molecule has 1 nitrogen and oxygen atoms in total. The summed E-state index contributed by atoms with van der Waals surface area (Å²) in [6, 6.07) is 8.35. The van der Waals surface area contributed by atoms with Gasteiger partial charge in [-0.1, -0.05) is 44.0 Å². The standard InChI is InChI=1S/C10H12Br2O/c1-13-7-9(6-11)8-2-4-10(12)5-3-8/h2-5,9H,6-7H2,1H3. The molecule has 1 unspecified atom stereocenters. The normalized spacial score (nSPS) is 12.8. The highest BCUT2D eigenvalue weighted by molar-refractivity contribution is 9.10. The van der Waals surface area contributed by atoms with Gasteiger partial charge in [0.1, 0.15) is 0 Å². The number of rotatable bonds is 4. The van der Waals surface area contributed by atoms with E-state index in [0.717, 1.165) is 16.4 Å². The molecule has 0 spiro atoms. The molecule has 0 aromatic heterocycles. The highest BCUT2D eigenvalue weighted by Gasteiger charge is 2.08. The number of methoxy groups -OCH3 is 1. The fourth-order valence-corrected chi connectivity index (χ4v) is 1.99. The number of hydrogen-bond acceptors (Lipinski definition) is 1. The molecular formula is C10H12Br2O. The van der Waals surface area contributed by atoms with E-state index in [1.807, 2.05) is 0 Å². The molecule has 1 aromatic rings. The summed E-state index contributed by atoms with van der Waals surface area (Å²) in [4.78, 5) is 0. The monoisotopic (exact) mass is 306 g/mol. The molecule has 0 saturated carbocycles. The average molecular weight is 308 g/mol. The number of benzene rings is 1. The summed E-state index contributed by atoms with van der Waals surface area (Å²) in [5.74, 6) is 0.443. The molecule has 72 valence electrons. The van der Waals surface area contributed by atoms with Crippen molar-refractivity contribution in [1.82, 2.24) is 0 Å². The van der Waals surface area contributed by atoms with E-state index in [-0.39, 0.29) is 0 Å². The van der Waals surface area contributed by atoms with Crippen molar-refractivity contribution in [2.45, 2.75) is 5.92 Å². The van der Waals surface area contributed by atoms with Crippen LogP contribution in [-0.4, -0.2) is 19.0 Å². The van der Waals surface area contributed by atoms with Gasteiger partial charge in [-0.05, 0) is 17.7 Å². The summed E-state index contributed by atoms with van der Waals surface area (Å²) in [6.45, 7) is 0.757. The van der Waals surface area contributed by atoms with E-state index in [9.17, 15) is 0 Å². The molecule has 1 atom stereocenters. The van der Waals surface area contributed by atoms with Crippen molar-refractivity contribution in [3.05, 3.63) is 34.3 Å². The Kier molecular flexibility index (Phi) is 4.99. The zero-order valence-electron chi connectivity index (χ0n) is 7.47. The quantitative estimate of drug-likeness (QED) is 0.773. The fourth-order valence-electron chi connectivity index (χ4n) is 1.17. The van der Waals surface area contributed by atoms with Crippen molar-refractivity contribution in [3.8, 4) is 0 Å². The highest BCUT2D eigenvalue weighted by atomic mass is 79.9. The minimum Gasteiger partial charge on any atom is -0.384 e. The predicted octanol–water partition coefficient (Wildman–Crippen LogP) is 3.57. The van der Waals surface area contributed by atoms with E-state index in [0.29, 0.717) is 5.92 Å². The molecule has 0 N–H and O–H groups in total. The minimum absolute atomic E-state index is 0.443. The van der Waals surface area contributed by atoms with Crippen molar-refractivity contribution in [3.63, 3.8) is 0 Å². The average Bonchev–Trinajstić information content (AvgIpc) is 2.16. The van der Waals surface area contributed by atoms with Gasteiger partial charge >= 0.3 is 0 Å². The Labute approximate surface area is 95.7 Å². The van der Waals surface area contributed by atoms with Crippen molar-refractivity contribution in [2.24, 2.45) is 0 Å². The second-order valence-electron chi connectivity index (χ2n) is 2.86. The number of halogens is 2. The summed E-state index contributed by atoms with van der Waals surface area (Å²) < 4.78 is 6.25. The van der Waals surface area contributed by atoms with E-state index >= 15 is 0 Å². The molecule has 0 saturated heterocycles. The van der Waals surface area contributed by atoms with E-state index < -0.39 is 0 Å². The fraction of sp³-hybridized carbons (Fsp3) is 0.400. The number of alkyl halides is 1. The van der Waals surface area contributed by atoms with Crippen LogP contribution in [0.4, 0.5) is 0 Å². The third-order valence-corrected chi connectivity index (χ3v) is 3.21. The smallest absolute Gasteiger partial charge is 0.0539 e. The SMILES string of the molecule is COCC(CBr)c1ccc(Br)cc1. The second kappa shape index (κ2) is 5.78. The Morgan fingerprint density at radius 1 is 1.31 bits per heavy atom. The van der Waals surface area contributed by atoms with Gasteiger partial charge in [0.25, 0.3) is 0 Å². The second-order valence-corrected chi connectivity index (χ2v) is 4.42. The molecule has 1 aromatic carbocycles. The van der Waals surface area contributed by atoms with Gasteiger partial charge in [0.15, 0.2) is 0 Å². The first-order valence-electron chi connectivity index (χ1n) is 4.08. The molecule has 0 bridgehead atoms. The van der Waals surface area contributed by atoms with Crippen molar-refractivity contribution >= 4 is 31.9 Å². The Hall–Kier alpha value is 0.140. The number of hydrogen-bond donors (Lipinski definition) is 0. The van der Waals surface area contributed by atoms with Gasteiger partial charge in [0.05, 0.1) is 6.61 Å². The van der Waals surface area contributed by atoms with Crippen LogP contribution in [0.2, 0.25) is 0 Å². The largest absolute Gasteiger partial charge is 0.384 e. The van der Waals surface area contributed by atoms with Crippen LogP contribution < -0.4 is 0 Å². The van der Waals surface area contributed by atoms with Gasteiger partial charge in [0.2, 0.25) is 0 Å². The van der Waals surface area contributed by atoms with Gasteiger partial charge in [-0.25, -0.2) is 0 Å². The zero-order valence-corrected chi connectivity index (χ0v) is 10.6. The Bertz CT molecular complexity index is 246. The third kappa shape index (κ3) is 3.41. The summed E-state index contributed by atoms with van der Waals surface area (Å²) >= 11 is 6.89. The molecule has 0 radical (unpaired) electrons. The van der Waals surface area contributed by atoms with Gasteiger partial charge < -0.3 is 4.74 Å². The summed E-state index contributed by atoms with van der Waals surface area (Å²) in [5.41, 5.74) is 1.31. The maximum absolute atomic E-state index is 5.14. The number of ether oxygens (including phenoxy) is 1. The van der Waals surface area contributed by atoms with E-state index in [2.05, 4.69) is 56.1 Å². The summed E-state index contributed by atoms with van der Waals surface area (Å²) in [6.07, 6.45) is 0. The summed E-state index contributed by atoms with van der Waals surface area (Å²) in [7, 11) is 1.73. The van der Waals surface area contributed by atoms with E-state index in [4.69, 9.17) is 4.74 Å². The van der Waals surface area contributed by atoms with E-state index in [1.54, 1.807) is 7.11 Å². The lowest BCUT2D eigenvalue weighted by atomic mass is 10.0. The van der Waals surface area contributed by atoms with Gasteiger partial charge in [-0.2, -0.15) is 0 Å². The first-order valence-corrected chi connectivity index (χ1v) is 5.99. The lowest BCUT2D eigenvalue weighted by Gasteiger charge is -2.12. The highest BCUT2D eigenvalue weighted by Crippen LogP contribution is 2.20. The molecule has 0 aliphatic heterocycles. The minimum atomic E-state index is 0.443. The maximum atomic E-state index is 5.14. The van der Waals surface area contributed by atoms with Crippen LogP contribution in [-0.2, 0) is 4.74 Å². The van der Waals surface area contributed by atoms with Crippen molar-refractivity contribution in [1.29, 1.82) is 0 Å². The molecule has 0 amide bonds. The first-order chi connectivity index (χ1) is 6.27. The molecule has 0 heterocycles. The van der Waals surface area contributed by atoms with Crippen LogP contribution in [0, 0.1) is 0 Å². The molecule has 13 heavy (non-hydrogen) atoms. The van der Waals surface area contributed by atoms with Gasteiger partial charge in [-0.15, -0.1) is 0 Å². The third-order valence-electron chi connectivity index (χ3n) is 1.90. The molecule has 0 aliphatic rings. The molecule has 0 fully saturated rings. The zero-order chi connectivity index (χ0) is 9.68. The lowest BCUT2D eigenvalue weighted by Crippen LogP contribution is -2.07. The Morgan fingerprint density at radius 3 is 2.38 bits per heavy atom. The Balaban J connectivity index is 2.73. The molecule has 0 aliphatic carbocycles. The topological polar surface area (TPSA) is 9.23 Å². The van der Waals surface area contributed by atoms with Crippen molar-refractivity contribution in [2.75, 3.05) is 19.0 Å². The predicted molar refractivity (Wildman–Crippen MR) is 62.6 cm³/mol. The van der Waals surface area contributed by atoms with Crippen LogP contribution in [0.25, 0.3) is 0 Å². The molecule has 3 heteroatoms. The first kappa shape index (κ1) is 11.2. The van der Waals surface area contributed by atoms with Crippen LogP contribution in [0.1, 0.15) is 11.5 Å². The van der Waals surface area contributed by atoms with Crippen LogP contribution >= 0.6 is 31.9 Å². The maximum Gasteiger partial charge on any atom is 0.0539 e. The van der Waals surface area contributed by atoms with Gasteiger partial charge in [0, 0.05) is 22.8 Å². The van der Waals surface area contributed by atoms with Gasteiger partial charge in [-0.3, -0.25) is 0 Å².